The lowest BCUT2D eigenvalue weighted by Crippen LogP contribution is -2.53. The zero-order valence-corrected chi connectivity index (χ0v) is 22.0. The lowest BCUT2D eigenvalue weighted by Gasteiger charge is -2.57. The molecule has 7 rings (SSSR count). The van der Waals surface area contributed by atoms with Gasteiger partial charge in [0.05, 0.1) is 11.1 Å². The Labute approximate surface area is 224 Å². The standard InChI is InChI=1S/C34H34O4/c1-32-17-16-28-27-14-13-26(37-30(35)23-8-4-2-5-9-23)22-25(27)12-15-29(28)33(32)18-20-34(32,21-19-33)38-31(36)24-10-6-3-7-11-24/h2-11,13-14,22,28-29H,12,15-21H2,1H3/t28-,29-,32+,33-,34+/m1/s1. The van der Waals surface area contributed by atoms with Gasteiger partial charge in [0.2, 0.25) is 0 Å². The maximum absolute atomic E-state index is 13.2. The first-order valence-electron chi connectivity index (χ1n) is 14.1. The molecule has 194 valence electrons. The van der Waals surface area contributed by atoms with Gasteiger partial charge in [-0.05, 0) is 116 Å². The summed E-state index contributed by atoms with van der Waals surface area (Å²) in [5, 5.41) is 0. The van der Waals surface area contributed by atoms with Gasteiger partial charge in [-0.1, -0.05) is 49.4 Å². The van der Waals surface area contributed by atoms with E-state index >= 15 is 0 Å². The molecule has 0 N–H and O–H groups in total. The number of benzene rings is 3. The van der Waals surface area contributed by atoms with Crippen molar-refractivity contribution in [3.05, 3.63) is 101 Å². The number of esters is 2. The second-order valence-corrected chi connectivity index (χ2v) is 12.1. The first-order chi connectivity index (χ1) is 18.4. The summed E-state index contributed by atoms with van der Waals surface area (Å²) in [6.45, 7) is 2.43. The first-order valence-corrected chi connectivity index (χ1v) is 14.1. The van der Waals surface area contributed by atoms with Crippen molar-refractivity contribution in [2.24, 2.45) is 16.7 Å². The maximum atomic E-state index is 13.2. The van der Waals surface area contributed by atoms with Crippen molar-refractivity contribution in [1.82, 2.24) is 0 Å². The fraction of sp³-hybridized carbons (Fsp3) is 0.412. The average molecular weight is 507 g/mol. The van der Waals surface area contributed by atoms with E-state index in [1.165, 1.54) is 11.1 Å². The molecule has 4 aliphatic rings. The number of rotatable bonds is 4. The number of hydrogen-bond acceptors (Lipinski definition) is 4. The normalized spacial score (nSPS) is 32.6. The van der Waals surface area contributed by atoms with Crippen LogP contribution < -0.4 is 4.74 Å². The summed E-state index contributed by atoms with van der Waals surface area (Å²) in [7, 11) is 0. The van der Waals surface area contributed by atoms with Crippen molar-refractivity contribution in [3.8, 4) is 5.75 Å². The zero-order chi connectivity index (χ0) is 26.0. The highest BCUT2D eigenvalue weighted by Gasteiger charge is 2.75. The number of fused-ring (bicyclic) bond motifs is 3. The highest BCUT2D eigenvalue weighted by molar-refractivity contribution is 5.91. The molecule has 0 unspecified atom stereocenters. The number of carbonyl (C=O) groups excluding carboxylic acids is 2. The van der Waals surface area contributed by atoms with Gasteiger partial charge >= 0.3 is 11.9 Å². The maximum Gasteiger partial charge on any atom is 0.343 e. The van der Waals surface area contributed by atoms with Crippen molar-refractivity contribution in [3.63, 3.8) is 0 Å². The summed E-state index contributed by atoms with van der Waals surface area (Å²) in [6, 6.07) is 24.9. The van der Waals surface area contributed by atoms with Crippen LogP contribution >= 0.6 is 0 Å². The van der Waals surface area contributed by atoms with E-state index in [9.17, 15) is 9.59 Å². The minimum Gasteiger partial charge on any atom is -0.455 e. The molecular weight excluding hydrogens is 472 g/mol. The molecular formula is C34H34O4. The van der Waals surface area contributed by atoms with Gasteiger partial charge < -0.3 is 9.47 Å². The molecule has 3 aromatic rings. The molecule has 0 aliphatic heterocycles. The van der Waals surface area contributed by atoms with Gasteiger partial charge in [0.15, 0.2) is 0 Å². The molecule has 0 aromatic heterocycles. The average Bonchev–Trinajstić information content (AvgIpc) is 3.36. The van der Waals surface area contributed by atoms with E-state index in [4.69, 9.17) is 9.47 Å². The van der Waals surface area contributed by atoms with E-state index in [0.29, 0.717) is 28.7 Å². The molecule has 2 bridgehead atoms. The molecule has 0 spiro atoms. The van der Waals surface area contributed by atoms with Crippen LogP contribution in [0, 0.1) is 16.7 Å². The van der Waals surface area contributed by atoms with Crippen LogP contribution in [0.3, 0.4) is 0 Å². The Morgan fingerprint density at radius 2 is 1.42 bits per heavy atom. The molecule has 4 heteroatoms. The fourth-order valence-electron chi connectivity index (χ4n) is 9.09. The third kappa shape index (κ3) is 3.28. The zero-order valence-electron chi connectivity index (χ0n) is 22.0. The minimum atomic E-state index is -0.347. The van der Waals surface area contributed by atoms with E-state index in [0.717, 1.165) is 51.4 Å². The molecule has 0 saturated heterocycles. The van der Waals surface area contributed by atoms with E-state index < -0.39 is 0 Å². The second kappa shape index (κ2) is 8.56. The van der Waals surface area contributed by atoms with Crippen LogP contribution in [0.15, 0.2) is 78.9 Å². The molecule has 0 heterocycles. The number of hydrogen-bond donors (Lipinski definition) is 0. The van der Waals surface area contributed by atoms with Crippen molar-refractivity contribution in [1.29, 1.82) is 0 Å². The Balaban J connectivity index is 1.13. The van der Waals surface area contributed by atoms with Gasteiger partial charge in [-0.3, -0.25) is 0 Å². The monoisotopic (exact) mass is 506 g/mol. The van der Waals surface area contributed by atoms with Gasteiger partial charge in [-0.25, -0.2) is 9.59 Å². The third-order valence-corrected chi connectivity index (χ3v) is 11.0. The second-order valence-electron chi connectivity index (χ2n) is 12.1. The number of carbonyl (C=O) groups is 2. The fourth-order valence-corrected chi connectivity index (χ4v) is 9.09. The SMILES string of the molecule is C[C@]12CC[C@@H]3c4ccc(OC(=O)c5ccccc5)cc4CC[C@H]3[C@]13CC[C@]2(OC(=O)c1ccccc1)CC3. The Hall–Kier alpha value is -3.40. The van der Waals surface area contributed by atoms with Gasteiger partial charge in [0.25, 0.3) is 0 Å². The lowest BCUT2D eigenvalue weighted by molar-refractivity contribution is -0.109. The smallest absolute Gasteiger partial charge is 0.343 e. The molecule has 3 fully saturated rings. The van der Waals surface area contributed by atoms with Crippen LogP contribution in [0.4, 0.5) is 0 Å². The van der Waals surface area contributed by atoms with Crippen molar-refractivity contribution in [2.75, 3.05) is 0 Å². The van der Waals surface area contributed by atoms with E-state index in [2.05, 4.69) is 19.1 Å². The topological polar surface area (TPSA) is 52.6 Å². The quantitative estimate of drug-likeness (QED) is 0.271. The van der Waals surface area contributed by atoms with Crippen molar-refractivity contribution >= 4 is 11.9 Å². The first kappa shape index (κ1) is 23.7. The largest absolute Gasteiger partial charge is 0.455 e. The van der Waals surface area contributed by atoms with Crippen LogP contribution in [0.2, 0.25) is 0 Å². The Morgan fingerprint density at radius 1 is 0.763 bits per heavy atom. The summed E-state index contributed by atoms with van der Waals surface area (Å²) >= 11 is 0. The van der Waals surface area contributed by atoms with Crippen molar-refractivity contribution < 1.29 is 19.1 Å². The molecule has 4 aliphatic carbocycles. The van der Waals surface area contributed by atoms with E-state index in [1.54, 1.807) is 12.1 Å². The van der Waals surface area contributed by atoms with Gasteiger partial charge in [0, 0.05) is 5.41 Å². The summed E-state index contributed by atoms with van der Waals surface area (Å²) in [5.74, 6) is 1.27. The van der Waals surface area contributed by atoms with Gasteiger partial charge in [-0.2, -0.15) is 0 Å². The Morgan fingerprint density at radius 3 is 2.11 bits per heavy atom. The molecule has 0 amide bonds. The Bertz CT molecular complexity index is 1390. The summed E-state index contributed by atoms with van der Waals surface area (Å²) in [6.07, 6.45) is 8.60. The van der Waals surface area contributed by atoms with E-state index in [1.807, 2.05) is 54.6 Å². The Kier molecular flexibility index (Phi) is 5.34. The predicted octanol–water partition coefficient (Wildman–Crippen LogP) is 7.52. The summed E-state index contributed by atoms with van der Waals surface area (Å²) in [4.78, 5) is 25.8. The van der Waals surface area contributed by atoms with Gasteiger partial charge in [-0.15, -0.1) is 0 Å². The van der Waals surface area contributed by atoms with Crippen LogP contribution in [-0.2, 0) is 11.2 Å². The van der Waals surface area contributed by atoms with Crippen LogP contribution in [0.1, 0.15) is 89.6 Å². The highest BCUT2D eigenvalue weighted by atomic mass is 16.6. The molecule has 3 atom stereocenters. The lowest BCUT2D eigenvalue weighted by atomic mass is 9.48. The number of ether oxygens (including phenoxy) is 2. The third-order valence-electron chi connectivity index (χ3n) is 11.0. The van der Waals surface area contributed by atoms with E-state index in [-0.39, 0.29) is 28.4 Å². The molecule has 3 saturated carbocycles. The predicted molar refractivity (Wildman–Crippen MR) is 145 cm³/mol. The molecule has 4 nitrogen and oxygen atoms in total. The summed E-state index contributed by atoms with van der Waals surface area (Å²) < 4.78 is 12.2. The highest BCUT2D eigenvalue weighted by Crippen LogP contribution is 2.78. The number of aryl methyl sites for hydroxylation is 1. The van der Waals surface area contributed by atoms with Crippen LogP contribution in [0.25, 0.3) is 0 Å². The van der Waals surface area contributed by atoms with Gasteiger partial charge in [0.1, 0.15) is 11.4 Å². The minimum absolute atomic E-state index is 0.0221. The molecule has 0 radical (unpaired) electrons. The van der Waals surface area contributed by atoms with Crippen molar-refractivity contribution in [2.45, 2.75) is 69.8 Å². The summed E-state index contributed by atoms with van der Waals surface area (Å²) in [5.41, 5.74) is 3.87. The van der Waals surface area contributed by atoms with Crippen LogP contribution in [0.5, 0.6) is 5.75 Å². The molecule has 38 heavy (non-hydrogen) atoms. The molecule has 3 aromatic carbocycles. The van der Waals surface area contributed by atoms with Crippen LogP contribution in [-0.4, -0.2) is 17.5 Å².